The van der Waals surface area contributed by atoms with Crippen molar-refractivity contribution >= 4 is 151 Å². The summed E-state index contributed by atoms with van der Waals surface area (Å²) in [4.78, 5) is 46.7. The van der Waals surface area contributed by atoms with Gasteiger partial charge in [-0.25, -0.2) is 19.2 Å². The van der Waals surface area contributed by atoms with Crippen LogP contribution >= 0.6 is 124 Å². The number of phenols is 2. The van der Waals surface area contributed by atoms with Crippen LogP contribution in [0.2, 0.25) is 0 Å². The van der Waals surface area contributed by atoms with Crippen molar-refractivity contribution in [2.24, 2.45) is 0 Å². The van der Waals surface area contributed by atoms with Crippen molar-refractivity contribution in [3.05, 3.63) is 196 Å². The molecular weight excluding hydrogens is 1910 g/mol. The summed E-state index contributed by atoms with van der Waals surface area (Å²) in [5.41, 5.74) is 10.9. The van der Waals surface area contributed by atoms with Gasteiger partial charge in [0.2, 0.25) is 0 Å². The van der Waals surface area contributed by atoms with E-state index in [9.17, 15) is 29.4 Å². The molecule has 0 aliphatic heterocycles. The molecule has 6 aromatic rings. The Morgan fingerprint density at radius 1 is 0.427 bits per heavy atom. The second-order valence-electron chi connectivity index (χ2n) is 25.3. The predicted octanol–water partition coefficient (Wildman–Crippen LogP) is 17.7. The van der Waals surface area contributed by atoms with Gasteiger partial charge in [0.15, 0.2) is 24.4 Å². The summed E-state index contributed by atoms with van der Waals surface area (Å²) in [6.07, 6.45) is -5.99. The summed E-state index contributed by atoms with van der Waals surface area (Å²) in [5, 5.41) is 85.9. The van der Waals surface area contributed by atoms with Crippen molar-refractivity contribution in [3.8, 4) is 17.2 Å². The van der Waals surface area contributed by atoms with Gasteiger partial charge < -0.3 is 55.8 Å². The molecule has 103 heavy (non-hydrogen) atoms. The molecule has 6 rings (SSSR count). The first kappa shape index (κ1) is 106. The van der Waals surface area contributed by atoms with Gasteiger partial charge in [-0.2, -0.15) is 0 Å². The Hall–Kier alpha value is -3.11. The topological polar surface area (TPSA) is 290 Å². The van der Waals surface area contributed by atoms with Gasteiger partial charge in [-0.05, 0) is 178 Å². The quantitative estimate of drug-likeness (QED) is 0.0161. The Morgan fingerprint density at radius 3 is 0.835 bits per heavy atom. The molecule has 2 unspecified atom stereocenters. The van der Waals surface area contributed by atoms with E-state index in [1.165, 1.54) is 38.9 Å². The zero-order valence-electron chi connectivity index (χ0n) is 61.2. The normalized spacial score (nSPS) is 12.6. The van der Waals surface area contributed by atoms with Crippen LogP contribution in [0, 0.1) is 20.8 Å². The molecule has 0 saturated carbocycles. The zero-order chi connectivity index (χ0) is 76.7. The molecule has 0 aliphatic rings. The maximum atomic E-state index is 10.4. The molecule has 0 fully saturated rings. The number of nitrogens with zero attached hydrogens (tertiary/aromatic N) is 3. The second kappa shape index (κ2) is 57.9. The number of aliphatic carboxylic acids is 4. The van der Waals surface area contributed by atoms with Crippen LogP contribution in [0.15, 0.2) is 146 Å². The number of carbonyl (C=O) groups is 4. The monoisotopic (exact) mass is 2020 g/mol. The Bertz CT molecular complexity index is 3060. The first-order chi connectivity index (χ1) is 46.8. The van der Waals surface area contributed by atoms with Crippen LogP contribution in [0.5, 0.6) is 17.2 Å². The van der Waals surface area contributed by atoms with E-state index >= 15 is 0 Å². The van der Waals surface area contributed by atoms with Crippen molar-refractivity contribution in [3.63, 3.8) is 0 Å². The van der Waals surface area contributed by atoms with Gasteiger partial charge in [0.25, 0.3) is 0 Å². The van der Waals surface area contributed by atoms with Crippen molar-refractivity contribution in [2.45, 2.75) is 209 Å². The number of aryl methyl sites for hydroxylation is 3. The molecule has 6 aromatic carbocycles. The SMILES string of the molecule is BrB(Br)Br.C.COc1ccc(C)cc1C(CCN(C(C)C)C(C)C)c1ccccc1.Cc1ccc(O)c(C(CCN(C(C)C)C(C)C)c2ccccc2)c1.Cc1ccc(O)c([C@@H](CCN(C(C)C)C(C)C)c2ccccc2)c1.Cl.I.O=C(O)[C@H](O)[C@@H](O)C(=O)O.O=C(O)[C@H](O)[C@@H](O)C(=O)O.[I][V][I]. The van der Waals surface area contributed by atoms with Gasteiger partial charge in [0.05, 0.1) is 7.11 Å². The van der Waals surface area contributed by atoms with Gasteiger partial charge >= 0.3 is 76.5 Å². The number of benzene rings is 6. The molecule has 0 saturated heterocycles. The molecular formula is C76H113BBr3ClI3N3O15V. The van der Waals surface area contributed by atoms with Crippen molar-refractivity contribution < 1.29 is 84.4 Å². The molecule has 27 heteroatoms. The Labute approximate surface area is 691 Å². The molecule has 0 heterocycles. The molecule has 0 spiro atoms. The molecule has 579 valence electrons. The molecule has 7 atom stereocenters. The van der Waals surface area contributed by atoms with E-state index in [0.717, 1.165) is 55.8 Å². The van der Waals surface area contributed by atoms with E-state index in [0.29, 0.717) is 63.1 Å². The number of hydrogen-bond donors (Lipinski definition) is 10. The van der Waals surface area contributed by atoms with E-state index in [1.807, 2.05) is 36.4 Å². The van der Waals surface area contributed by atoms with Crippen LogP contribution in [-0.4, -0.2) is 180 Å². The van der Waals surface area contributed by atoms with Crippen LogP contribution in [0.4, 0.5) is 0 Å². The third-order valence-corrected chi connectivity index (χ3v) is 16.1. The van der Waals surface area contributed by atoms with E-state index in [2.05, 4.69) is 315 Å². The number of phenolic OH excluding ortho intramolecular Hbond substituents is 2. The number of aromatic hydroxyl groups is 2. The number of aliphatic hydroxyl groups excluding tert-OH is 4. The Kier molecular flexibility index (Phi) is 59.8. The van der Waals surface area contributed by atoms with Crippen LogP contribution in [0.25, 0.3) is 0 Å². The average molecular weight is 2030 g/mol. The molecule has 10 N–H and O–H groups in total. The van der Waals surface area contributed by atoms with Gasteiger partial charge in [-0.1, -0.05) is 152 Å². The molecule has 0 radical (unpaired) electrons. The summed E-state index contributed by atoms with van der Waals surface area (Å²) in [7, 11) is 2.40. The fourth-order valence-electron chi connectivity index (χ4n) is 11.3. The van der Waals surface area contributed by atoms with Gasteiger partial charge in [0.1, 0.15) is 17.2 Å². The molecule has 0 aromatic heterocycles. The first-order valence-corrected chi connectivity index (χ1v) is 44.7. The maximum absolute atomic E-state index is 10.4. The fourth-order valence-corrected chi connectivity index (χ4v) is 11.3. The number of aliphatic hydroxyl groups is 4. The predicted molar refractivity (Wildman–Crippen MR) is 458 cm³/mol. The van der Waals surface area contributed by atoms with E-state index in [4.69, 9.17) is 45.6 Å². The third-order valence-electron chi connectivity index (χ3n) is 16.1. The van der Waals surface area contributed by atoms with Crippen LogP contribution in [-0.2, 0) is 28.6 Å². The van der Waals surface area contributed by atoms with Crippen LogP contribution < -0.4 is 4.74 Å². The molecule has 0 bridgehead atoms. The molecule has 0 aliphatic carbocycles. The summed E-state index contributed by atoms with van der Waals surface area (Å²) in [5.74, 6) is -4.52. The standard InChI is InChI=1S/C23H33NO.2C22H31NO.2C4H6O6.CH4.BBr3.ClH.3HI.V/c1-17(2)24(18(3)4)15-14-21(20-10-8-7-9-11-20)22-16-19(5)12-13-23(22)25-6;2*1-16(2)23(17(3)4)14-13-20(19-9-7-6-8-10-19)21-15-18(5)11-12-22(21)24;2*5-1(3(7)8)2(6)4(9)10;;2-1(3)4;;;;;/h7-13,16-18,21H,14-15H2,1-6H3;2*6-12,15-17,20,24H,13-14H2,1-5H3;2*1-2,5-6H,(H,7,8)(H,9,10);1H4;;4*1H;/q;;;;;;;;;;;+2/p-2/t;20-;;2*1-,2-;;;;;;;/m.0.11......./s1. The molecule has 0 amide bonds. The minimum atomic E-state index is -2.27. The Morgan fingerprint density at radius 2 is 0.631 bits per heavy atom. The second-order valence-corrected chi connectivity index (χ2v) is 43.6. The summed E-state index contributed by atoms with van der Waals surface area (Å²) in [6, 6.07) is 53.4. The minimum absolute atomic E-state index is 0. The van der Waals surface area contributed by atoms with Crippen molar-refractivity contribution in [2.75, 3.05) is 26.7 Å². The fraction of sp³-hybridized carbons (Fsp3) is 0.474. The number of ether oxygens (including phenoxy) is 1. The van der Waals surface area contributed by atoms with Gasteiger partial charge in [-0.15, -0.1) is 83.7 Å². The van der Waals surface area contributed by atoms with Crippen LogP contribution in [0.1, 0.15) is 178 Å². The Balaban J connectivity index is -0.000000599. The van der Waals surface area contributed by atoms with E-state index in [-0.39, 0.29) is 58.8 Å². The average Bonchev–Trinajstić information content (AvgIpc) is 0.831. The summed E-state index contributed by atoms with van der Waals surface area (Å²) >= 11 is 14.0. The van der Waals surface area contributed by atoms with Crippen molar-refractivity contribution in [1.82, 2.24) is 14.7 Å². The number of carboxylic acid groups (broad SMARTS) is 4. The number of hydrogen-bond acceptors (Lipinski definition) is 14. The summed E-state index contributed by atoms with van der Waals surface area (Å²) < 4.78 is 5.96. The van der Waals surface area contributed by atoms with Crippen molar-refractivity contribution in [1.29, 1.82) is 0 Å². The number of methoxy groups -OCH3 is 1. The molecule has 18 nitrogen and oxygen atoms in total. The summed E-state index contributed by atoms with van der Waals surface area (Å²) in [6.45, 7) is 36.6. The number of rotatable bonds is 28. The number of carboxylic acids is 4. The van der Waals surface area contributed by atoms with Gasteiger partial charge in [0, 0.05) is 70.7 Å². The van der Waals surface area contributed by atoms with Crippen LogP contribution in [0.3, 0.4) is 0 Å². The number of halogens is 7. The first-order valence-electron chi connectivity index (χ1n) is 32.9. The zero-order valence-corrected chi connectivity index (χ0v) is 74.8. The van der Waals surface area contributed by atoms with E-state index in [1.54, 1.807) is 7.11 Å². The van der Waals surface area contributed by atoms with E-state index < -0.39 is 48.3 Å². The third kappa shape index (κ3) is 41.9. The van der Waals surface area contributed by atoms with Gasteiger partial charge in [-0.3, -0.25) is 14.7 Å².